The second-order valence-electron chi connectivity index (χ2n) is 7.76. The van der Waals surface area contributed by atoms with Gasteiger partial charge in [-0.3, -0.25) is 14.4 Å². The van der Waals surface area contributed by atoms with Crippen LogP contribution in [0.2, 0.25) is 0 Å². The van der Waals surface area contributed by atoms with Crippen molar-refractivity contribution < 1.29 is 50.6 Å². The summed E-state index contributed by atoms with van der Waals surface area (Å²) in [5, 5.41) is 15.2. The van der Waals surface area contributed by atoms with Gasteiger partial charge in [-0.15, -0.1) is 0 Å². The lowest BCUT2D eigenvalue weighted by Crippen LogP contribution is -2.58. The zero-order chi connectivity index (χ0) is 25.2. The number of amides is 3. The fourth-order valence-corrected chi connectivity index (χ4v) is 2.76. The summed E-state index contributed by atoms with van der Waals surface area (Å²) >= 11 is 0. The molecular weight excluding hydrogens is 464 g/mol. The molecule has 2 rings (SSSR count). The molecule has 0 radical (unpaired) electrons. The van der Waals surface area contributed by atoms with Crippen molar-refractivity contribution in [2.45, 2.75) is 44.5 Å². The van der Waals surface area contributed by atoms with Crippen LogP contribution in [0.5, 0.6) is 5.75 Å². The van der Waals surface area contributed by atoms with Crippen LogP contribution in [0.1, 0.15) is 20.3 Å². The molecule has 0 aliphatic carbocycles. The fourth-order valence-electron chi connectivity index (χ4n) is 2.76. The number of carbonyl (C=O) groups excluding carboxylic acids is 3. The van der Waals surface area contributed by atoms with Crippen molar-refractivity contribution >= 4 is 23.4 Å². The van der Waals surface area contributed by atoms with Gasteiger partial charge >= 0.3 is 12.1 Å². The highest BCUT2D eigenvalue weighted by Gasteiger charge is 2.57. The maximum atomic E-state index is 13.5. The van der Waals surface area contributed by atoms with E-state index in [0.29, 0.717) is 0 Å². The number of hydrogen-bond donors (Lipinski definition) is 4. The van der Waals surface area contributed by atoms with Gasteiger partial charge in [0, 0.05) is 19.1 Å². The normalized spacial score (nSPS) is 19.0. The number of carbonyl (C=O) groups is 3. The van der Waals surface area contributed by atoms with E-state index < -0.39 is 66.4 Å². The summed E-state index contributed by atoms with van der Waals surface area (Å²) in [4.78, 5) is 37.5. The van der Waals surface area contributed by atoms with Gasteiger partial charge in [-0.1, -0.05) is 0 Å². The molecule has 0 unspecified atom stereocenters. The number of ether oxygens (including phenoxy) is 1. The van der Waals surface area contributed by atoms with E-state index in [2.05, 4.69) is 10.6 Å². The Labute approximate surface area is 183 Å². The van der Waals surface area contributed by atoms with Gasteiger partial charge in [-0.2, -0.15) is 22.0 Å². The Kier molecular flexibility index (Phi) is 7.51. The van der Waals surface area contributed by atoms with E-state index in [9.17, 15) is 45.8 Å². The first-order valence-electron chi connectivity index (χ1n) is 9.52. The monoisotopic (exact) mass is 485 g/mol. The van der Waals surface area contributed by atoms with Gasteiger partial charge < -0.3 is 25.8 Å². The topological polar surface area (TPSA) is 117 Å². The first-order chi connectivity index (χ1) is 15.1. The van der Waals surface area contributed by atoms with Crippen LogP contribution in [-0.2, 0) is 14.4 Å². The molecule has 0 saturated carbocycles. The third-order valence-corrected chi connectivity index (χ3v) is 4.85. The van der Waals surface area contributed by atoms with Crippen molar-refractivity contribution in [3.63, 3.8) is 0 Å². The van der Waals surface area contributed by atoms with E-state index in [1.165, 1.54) is 11.4 Å². The van der Waals surface area contributed by atoms with Gasteiger partial charge in [0.1, 0.15) is 29.1 Å². The number of nitrogens with one attached hydrogen (secondary N) is 3. The van der Waals surface area contributed by atoms with Gasteiger partial charge in [0.25, 0.3) is 5.91 Å². The molecule has 0 fully saturated rings. The Hall–Kier alpha value is -3.03. The summed E-state index contributed by atoms with van der Waals surface area (Å²) in [6.45, 7) is -0.682. The molecule has 33 heavy (non-hydrogen) atoms. The number of halogens is 6. The number of fused-ring (bicyclic) bond motifs is 1. The lowest BCUT2D eigenvalue weighted by atomic mass is 9.90. The van der Waals surface area contributed by atoms with Gasteiger partial charge in [0.2, 0.25) is 11.8 Å². The standard InChI is InChI=1S/C19H21F6N3O5/c1-17(2,15(31)26-8-18(21,22)19(23,24)25)16(32)28-13-12(5-6-29)33-11-4-3-9(20)7-10(11)27-14(13)30/h3-4,7,12-13,29H,5-6,8H2,1-2H3,(H,26,31)(H,27,30)(H,28,32)/t12-,13-/m1/s1. The van der Waals surface area contributed by atoms with E-state index in [-0.39, 0.29) is 17.9 Å². The molecule has 14 heteroatoms. The Morgan fingerprint density at radius 3 is 2.36 bits per heavy atom. The van der Waals surface area contributed by atoms with E-state index in [4.69, 9.17) is 4.74 Å². The van der Waals surface area contributed by atoms with Crippen LogP contribution in [0.15, 0.2) is 18.2 Å². The van der Waals surface area contributed by atoms with Gasteiger partial charge in [0.05, 0.1) is 12.2 Å². The molecule has 4 N–H and O–H groups in total. The number of rotatable bonds is 7. The van der Waals surface area contributed by atoms with Crippen molar-refractivity contribution in [1.29, 1.82) is 0 Å². The number of alkyl halides is 5. The van der Waals surface area contributed by atoms with Crippen molar-refractivity contribution in [3.8, 4) is 5.75 Å². The zero-order valence-corrected chi connectivity index (χ0v) is 17.4. The minimum Gasteiger partial charge on any atom is -0.485 e. The first-order valence-corrected chi connectivity index (χ1v) is 9.52. The number of anilines is 1. The number of aliphatic hydroxyl groups excluding tert-OH is 1. The van der Waals surface area contributed by atoms with Gasteiger partial charge in [-0.25, -0.2) is 4.39 Å². The summed E-state index contributed by atoms with van der Waals surface area (Å²) in [5.41, 5.74) is -2.25. The Bertz CT molecular complexity index is 922. The fraction of sp³-hybridized carbons (Fsp3) is 0.526. The molecule has 1 aliphatic heterocycles. The average Bonchev–Trinajstić information content (AvgIpc) is 2.82. The van der Waals surface area contributed by atoms with Crippen molar-refractivity contribution in [2.24, 2.45) is 5.41 Å². The highest BCUT2D eigenvalue weighted by molar-refractivity contribution is 6.07. The quantitative estimate of drug-likeness (QED) is 0.347. The highest BCUT2D eigenvalue weighted by Crippen LogP contribution is 2.35. The van der Waals surface area contributed by atoms with E-state index in [1.54, 1.807) is 0 Å². The number of aliphatic hydroxyl groups is 1. The molecule has 3 amide bonds. The summed E-state index contributed by atoms with van der Waals surface area (Å²) in [6.07, 6.45) is -7.27. The van der Waals surface area contributed by atoms with Gasteiger partial charge in [-0.05, 0) is 26.0 Å². The van der Waals surface area contributed by atoms with Crippen LogP contribution in [0.25, 0.3) is 0 Å². The van der Waals surface area contributed by atoms with E-state index >= 15 is 0 Å². The summed E-state index contributed by atoms with van der Waals surface area (Å²) in [6, 6.07) is 1.68. The number of hydrogen-bond acceptors (Lipinski definition) is 5. The second-order valence-corrected chi connectivity index (χ2v) is 7.76. The molecule has 1 aromatic carbocycles. The number of benzene rings is 1. The first kappa shape index (κ1) is 26.2. The maximum Gasteiger partial charge on any atom is 0.455 e. The predicted octanol–water partition coefficient (Wildman–Crippen LogP) is 1.73. The Morgan fingerprint density at radius 2 is 1.79 bits per heavy atom. The lowest BCUT2D eigenvalue weighted by Gasteiger charge is -2.29. The summed E-state index contributed by atoms with van der Waals surface area (Å²) in [7, 11) is 0. The molecule has 0 saturated heterocycles. The molecule has 2 atom stereocenters. The third-order valence-electron chi connectivity index (χ3n) is 4.85. The lowest BCUT2D eigenvalue weighted by molar-refractivity contribution is -0.278. The SMILES string of the molecule is CC(C)(C(=O)NCC(F)(F)C(F)(F)F)C(=O)N[C@H]1C(=O)Nc2cc(F)ccc2O[C@@H]1CCO. The maximum absolute atomic E-state index is 13.5. The minimum atomic E-state index is -5.91. The molecular formula is C19H21F6N3O5. The van der Waals surface area contributed by atoms with Crippen molar-refractivity contribution in [2.75, 3.05) is 18.5 Å². The van der Waals surface area contributed by atoms with Crippen LogP contribution in [0, 0.1) is 11.2 Å². The minimum absolute atomic E-state index is 0.0336. The van der Waals surface area contributed by atoms with Crippen LogP contribution >= 0.6 is 0 Å². The molecule has 8 nitrogen and oxygen atoms in total. The van der Waals surface area contributed by atoms with Crippen molar-refractivity contribution in [1.82, 2.24) is 10.6 Å². The van der Waals surface area contributed by atoms with Gasteiger partial charge in [0.15, 0.2) is 0 Å². The summed E-state index contributed by atoms with van der Waals surface area (Å²) < 4.78 is 82.2. The smallest absolute Gasteiger partial charge is 0.455 e. The molecule has 1 aromatic rings. The Balaban J connectivity index is 2.18. The van der Waals surface area contributed by atoms with Crippen molar-refractivity contribution in [3.05, 3.63) is 24.0 Å². The second kappa shape index (κ2) is 9.45. The summed E-state index contributed by atoms with van der Waals surface area (Å²) in [5.74, 6) is -9.44. The van der Waals surface area contributed by atoms with E-state index in [0.717, 1.165) is 26.0 Å². The molecule has 1 heterocycles. The molecule has 1 aliphatic rings. The van der Waals surface area contributed by atoms with Crippen LogP contribution in [-0.4, -0.2) is 60.2 Å². The zero-order valence-electron chi connectivity index (χ0n) is 17.4. The molecule has 184 valence electrons. The molecule has 0 bridgehead atoms. The largest absolute Gasteiger partial charge is 0.485 e. The predicted molar refractivity (Wildman–Crippen MR) is 101 cm³/mol. The van der Waals surface area contributed by atoms with Crippen LogP contribution in [0.3, 0.4) is 0 Å². The highest BCUT2D eigenvalue weighted by atomic mass is 19.4. The molecule has 0 spiro atoms. The van der Waals surface area contributed by atoms with Crippen LogP contribution in [0.4, 0.5) is 32.0 Å². The average molecular weight is 485 g/mol. The third kappa shape index (κ3) is 5.86. The van der Waals surface area contributed by atoms with Crippen LogP contribution < -0.4 is 20.7 Å². The molecule has 0 aromatic heterocycles. The Morgan fingerprint density at radius 1 is 1.15 bits per heavy atom. The van der Waals surface area contributed by atoms with E-state index in [1.807, 2.05) is 0 Å².